The molecule has 1 saturated heterocycles. The van der Waals surface area contributed by atoms with E-state index in [4.69, 9.17) is 5.11 Å². The Kier molecular flexibility index (Phi) is 5.25. The molecular weight excluding hydrogens is 208 g/mol. The van der Waals surface area contributed by atoms with Gasteiger partial charge in [-0.2, -0.15) is 0 Å². The van der Waals surface area contributed by atoms with Gasteiger partial charge in [0.15, 0.2) is 0 Å². The van der Waals surface area contributed by atoms with Gasteiger partial charge in [-0.05, 0) is 31.8 Å². The molecule has 0 radical (unpaired) electrons. The largest absolute Gasteiger partial charge is 0.481 e. The van der Waals surface area contributed by atoms with Crippen molar-refractivity contribution in [3.8, 4) is 0 Å². The van der Waals surface area contributed by atoms with Gasteiger partial charge in [0.2, 0.25) is 5.91 Å². The fourth-order valence-corrected chi connectivity index (χ4v) is 1.95. The number of carboxylic acids is 1. The summed E-state index contributed by atoms with van der Waals surface area (Å²) in [6.45, 7) is 3.75. The lowest BCUT2D eigenvalue weighted by Crippen LogP contribution is -2.37. The molecule has 0 aromatic carbocycles. The molecule has 1 rings (SSSR count). The molecule has 0 bridgehead atoms. The monoisotopic (exact) mass is 228 g/mol. The molecule has 0 spiro atoms. The van der Waals surface area contributed by atoms with Crippen LogP contribution < -0.4 is 10.6 Å². The molecule has 1 aliphatic rings. The van der Waals surface area contributed by atoms with Crippen molar-refractivity contribution < 1.29 is 14.7 Å². The summed E-state index contributed by atoms with van der Waals surface area (Å²) in [5.41, 5.74) is 0. The number of amides is 1. The lowest BCUT2D eigenvalue weighted by molar-refractivity contribution is -0.137. The van der Waals surface area contributed by atoms with E-state index in [-0.39, 0.29) is 18.4 Å². The van der Waals surface area contributed by atoms with Crippen molar-refractivity contribution in [2.24, 2.45) is 5.92 Å². The van der Waals surface area contributed by atoms with Crippen LogP contribution in [-0.2, 0) is 9.59 Å². The van der Waals surface area contributed by atoms with Crippen LogP contribution in [0, 0.1) is 5.92 Å². The van der Waals surface area contributed by atoms with Gasteiger partial charge >= 0.3 is 5.97 Å². The zero-order chi connectivity index (χ0) is 12.0. The van der Waals surface area contributed by atoms with E-state index in [1.807, 2.05) is 6.92 Å². The molecular formula is C11H20N2O3. The lowest BCUT2D eigenvalue weighted by Gasteiger charge is -2.16. The Morgan fingerprint density at radius 2 is 2.31 bits per heavy atom. The van der Waals surface area contributed by atoms with Crippen LogP contribution in [0.2, 0.25) is 0 Å². The first-order valence-corrected chi connectivity index (χ1v) is 5.83. The standard InChI is InChI=1S/C11H20N2O3/c1-2-9(6-11(15)16)13-10(14)5-8-3-4-12-7-8/h8-9,12H,2-7H2,1H3,(H,13,14)(H,15,16). The predicted octanol–water partition coefficient (Wildman–Crippen LogP) is 0.356. The topological polar surface area (TPSA) is 78.4 Å². The minimum absolute atomic E-state index is 0.00512. The third-order valence-electron chi connectivity index (χ3n) is 2.92. The molecule has 0 aromatic heterocycles. The molecule has 1 heterocycles. The Labute approximate surface area is 95.6 Å². The lowest BCUT2D eigenvalue weighted by atomic mass is 10.0. The Morgan fingerprint density at radius 1 is 1.56 bits per heavy atom. The number of hydrogen-bond acceptors (Lipinski definition) is 3. The van der Waals surface area contributed by atoms with Gasteiger partial charge in [0.1, 0.15) is 0 Å². The average Bonchev–Trinajstić information content (AvgIpc) is 2.68. The van der Waals surface area contributed by atoms with Gasteiger partial charge in [-0.15, -0.1) is 0 Å². The van der Waals surface area contributed by atoms with Crippen molar-refractivity contribution in [3.63, 3.8) is 0 Å². The quantitative estimate of drug-likeness (QED) is 0.613. The van der Waals surface area contributed by atoms with Gasteiger partial charge in [0.25, 0.3) is 0 Å². The van der Waals surface area contributed by atoms with Crippen LogP contribution in [0.3, 0.4) is 0 Å². The molecule has 16 heavy (non-hydrogen) atoms. The fraction of sp³-hybridized carbons (Fsp3) is 0.818. The number of carbonyl (C=O) groups is 2. The summed E-state index contributed by atoms with van der Waals surface area (Å²) in [6.07, 6.45) is 2.19. The minimum Gasteiger partial charge on any atom is -0.481 e. The highest BCUT2D eigenvalue weighted by atomic mass is 16.4. The van der Waals surface area contributed by atoms with Gasteiger partial charge in [-0.3, -0.25) is 9.59 Å². The summed E-state index contributed by atoms with van der Waals surface area (Å²) >= 11 is 0. The number of carbonyl (C=O) groups excluding carboxylic acids is 1. The summed E-state index contributed by atoms with van der Waals surface area (Å²) < 4.78 is 0. The van der Waals surface area contributed by atoms with Gasteiger partial charge in [-0.25, -0.2) is 0 Å². The number of rotatable bonds is 6. The van der Waals surface area contributed by atoms with E-state index in [9.17, 15) is 9.59 Å². The molecule has 1 amide bonds. The van der Waals surface area contributed by atoms with Crippen molar-refractivity contribution in [3.05, 3.63) is 0 Å². The molecule has 1 aliphatic heterocycles. The second-order valence-corrected chi connectivity index (χ2v) is 4.33. The first-order chi connectivity index (χ1) is 7.61. The van der Waals surface area contributed by atoms with Crippen LogP contribution in [0.15, 0.2) is 0 Å². The van der Waals surface area contributed by atoms with E-state index in [0.717, 1.165) is 19.5 Å². The number of aliphatic carboxylic acids is 1. The second-order valence-electron chi connectivity index (χ2n) is 4.33. The normalized spacial score (nSPS) is 21.7. The number of hydrogen-bond donors (Lipinski definition) is 3. The third kappa shape index (κ3) is 4.61. The predicted molar refractivity (Wildman–Crippen MR) is 60.1 cm³/mol. The Balaban J connectivity index is 2.27. The molecule has 5 heteroatoms. The Morgan fingerprint density at radius 3 is 2.81 bits per heavy atom. The molecule has 1 fully saturated rings. The van der Waals surface area contributed by atoms with Crippen molar-refractivity contribution >= 4 is 11.9 Å². The molecule has 2 atom stereocenters. The molecule has 92 valence electrons. The van der Waals surface area contributed by atoms with Gasteiger partial charge in [0, 0.05) is 12.5 Å². The first-order valence-electron chi connectivity index (χ1n) is 5.83. The maximum atomic E-state index is 11.6. The van der Waals surface area contributed by atoms with Crippen molar-refractivity contribution in [2.45, 2.75) is 38.6 Å². The van der Waals surface area contributed by atoms with E-state index in [1.54, 1.807) is 0 Å². The van der Waals surface area contributed by atoms with E-state index in [0.29, 0.717) is 18.8 Å². The van der Waals surface area contributed by atoms with Gasteiger partial charge in [-0.1, -0.05) is 6.92 Å². The van der Waals surface area contributed by atoms with Crippen LogP contribution >= 0.6 is 0 Å². The second kappa shape index (κ2) is 6.48. The first kappa shape index (κ1) is 13.0. The average molecular weight is 228 g/mol. The highest BCUT2D eigenvalue weighted by Crippen LogP contribution is 2.12. The fourth-order valence-electron chi connectivity index (χ4n) is 1.95. The van der Waals surface area contributed by atoms with E-state index in [1.165, 1.54) is 0 Å². The van der Waals surface area contributed by atoms with E-state index >= 15 is 0 Å². The Bertz CT molecular complexity index is 250. The molecule has 2 unspecified atom stereocenters. The van der Waals surface area contributed by atoms with Gasteiger partial charge < -0.3 is 15.7 Å². The summed E-state index contributed by atoms with van der Waals surface area (Å²) in [4.78, 5) is 22.2. The maximum Gasteiger partial charge on any atom is 0.305 e. The molecule has 0 aromatic rings. The third-order valence-corrected chi connectivity index (χ3v) is 2.92. The van der Waals surface area contributed by atoms with Crippen molar-refractivity contribution in [2.75, 3.05) is 13.1 Å². The highest BCUT2D eigenvalue weighted by molar-refractivity contribution is 5.77. The van der Waals surface area contributed by atoms with Crippen molar-refractivity contribution in [1.29, 1.82) is 0 Å². The SMILES string of the molecule is CCC(CC(=O)O)NC(=O)CC1CCNC1. The summed E-state index contributed by atoms with van der Waals surface area (Å²) in [5, 5.41) is 14.6. The minimum atomic E-state index is -0.866. The zero-order valence-corrected chi connectivity index (χ0v) is 9.66. The van der Waals surface area contributed by atoms with E-state index in [2.05, 4.69) is 10.6 Å². The molecule has 0 aliphatic carbocycles. The summed E-state index contributed by atoms with van der Waals surface area (Å²) in [6, 6.07) is -0.237. The molecule has 0 saturated carbocycles. The van der Waals surface area contributed by atoms with Crippen LogP contribution in [-0.4, -0.2) is 36.1 Å². The van der Waals surface area contributed by atoms with E-state index < -0.39 is 5.97 Å². The summed E-state index contributed by atoms with van der Waals surface area (Å²) in [5.74, 6) is -0.487. The zero-order valence-electron chi connectivity index (χ0n) is 9.66. The van der Waals surface area contributed by atoms with Gasteiger partial charge in [0.05, 0.1) is 6.42 Å². The van der Waals surface area contributed by atoms with Crippen LogP contribution in [0.5, 0.6) is 0 Å². The van der Waals surface area contributed by atoms with Crippen LogP contribution in [0.4, 0.5) is 0 Å². The number of carboxylic acid groups (broad SMARTS) is 1. The maximum absolute atomic E-state index is 11.6. The van der Waals surface area contributed by atoms with Crippen LogP contribution in [0.1, 0.15) is 32.6 Å². The van der Waals surface area contributed by atoms with Crippen LogP contribution in [0.25, 0.3) is 0 Å². The molecule has 5 nitrogen and oxygen atoms in total. The summed E-state index contributed by atoms with van der Waals surface area (Å²) in [7, 11) is 0. The Hall–Kier alpha value is -1.10. The highest BCUT2D eigenvalue weighted by Gasteiger charge is 2.20. The smallest absolute Gasteiger partial charge is 0.305 e. The molecule has 3 N–H and O–H groups in total. The van der Waals surface area contributed by atoms with Crippen molar-refractivity contribution in [1.82, 2.24) is 10.6 Å². The number of nitrogens with one attached hydrogen (secondary N) is 2.